The van der Waals surface area contributed by atoms with Crippen molar-refractivity contribution in [2.24, 2.45) is 0 Å². The molecular formula is C14H14N4S. The molecule has 0 radical (unpaired) electrons. The maximum Gasteiger partial charge on any atom is 0.103 e. The summed E-state index contributed by atoms with van der Waals surface area (Å²) in [5.74, 6) is 0.539. The smallest absolute Gasteiger partial charge is 0.103 e. The zero-order chi connectivity index (χ0) is 12.8. The van der Waals surface area contributed by atoms with Crippen LogP contribution in [0.5, 0.6) is 0 Å². The van der Waals surface area contributed by atoms with E-state index in [-0.39, 0.29) is 0 Å². The third-order valence-corrected chi connectivity index (χ3v) is 4.97. The summed E-state index contributed by atoms with van der Waals surface area (Å²) in [6.07, 6.45) is 10.1. The predicted molar refractivity (Wildman–Crippen MR) is 75.4 cm³/mol. The van der Waals surface area contributed by atoms with Crippen molar-refractivity contribution < 1.29 is 0 Å². The Kier molecular flexibility index (Phi) is 2.41. The van der Waals surface area contributed by atoms with Gasteiger partial charge in [0.05, 0.1) is 22.2 Å². The van der Waals surface area contributed by atoms with Crippen molar-refractivity contribution in [3.63, 3.8) is 0 Å². The molecule has 3 aromatic heterocycles. The summed E-state index contributed by atoms with van der Waals surface area (Å²) < 4.78 is 3.49. The number of pyridine rings is 1. The van der Waals surface area contributed by atoms with Gasteiger partial charge in [-0.1, -0.05) is 0 Å². The summed E-state index contributed by atoms with van der Waals surface area (Å²) in [5.41, 5.74) is 5.44. The van der Waals surface area contributed by atoms with Crippen molar-refractivity contribution >= 4 is 21.6 Å². The number of aryl methyl sites for hydroxylation is 1. The van der Waals surface area contributed by atoms with Crippen molar-refractivity contribution in [3.05, 3.63) is 41.7 Å². The average Bonchev–Trinajstić information content (AvgIpc) is 3.00. The van der Waals surface area contributed by atoms with Gasteiger partial charge >= 0.3 is 0 Å². The Bertz CT molecular complexity index is 710. The van der Waals surface area contributed by atoms with Gasteiger partial charge in [0.15, 0.2) is 0 Å². The monoisotopic (exact) mass is 270 g/mol. The molecule has 0 aliphatic heterocycles. The largest absolute Gasteiger partial charge is 0.334 e. The van der Waals surface area contributed by atoms with Gasteiger partial charge in [-0.15, -0.1) is 11.3 Å². The summed E-state index contributed by atoms with van der Waals surface area (Å²) in [7, 11) is 0. The van der Waals surface area contributed by atoms with E-state index in [2.05, 4.69) is 26.4 Å². The van der Waals surface area contributed by atoms with Crippen molar-refractivity contribution in [1.29, 1.82) is 0 Å². The molecule has 1 fully saturated rings. The molecule has 1 saturated carbocycles. The van der Waals surface area contributed by atoms with Crippen LogP contribution in [-0.2, 0) is 0 Å². The van der Waals surface area contributed by atoms with Crippen LogP contribution in [0.15, 0.2) is 30.4 Å². The second kappa shape index (κ2) is 4.13. The lowest BCUT2D eigenvalue weighted by atomic mass is 9.77. The summed E-state index contributed by atoms with van der Waals surface area (Å²) in [4.78, 5) is 13.3. The normalized spacial score (nSPS) is 22.6. The number of imidazole rings is 1. The van der Waals surface area contributed by atoms with Crippen LogP contribution in [0.3, 0.4) is 0 Å². The molecule has 0 atom stereocenters. The molecule has 0 spiro atoms. The fourth-order valence-corrected chi connectivity index (χ4v) is 3.60. The first-order valence-corrected chi connectivity index (χ1v) is 7.37. The number of hydrogen-bond donors (Lipinski definition) is 0. The molecule has 0 saturated heterocycles. The first-order valence-electron chi connectivity index (χ1n) is 6.49. The van der Waals surface area contributed by atoms with Crippen LogP contribution in [0, 0.1) is 6.92 Å². The maximum atomic E-state index is 4.64. The molecule has 0 amide bonds. The molecular weight excluding hydrogens is 256 g/mol. The molecule has 3 heterocycles. The topological polar surface area (TPSA) is 43.6 Å². The Balaban J connectivity index is 1.63. The first kappa shape index (κ1) is 11.1. The minimum atomic E-state index is 0.539. The van der Waals surface area contributed by atoms with Crippen LogP contribution in [0.25, 0.3) is 10.2 Å². The fourth-order valence-electron chi connectivity index (χ4n) is 2.83. The highest BCUT2D eigenvalue weighted by Crippen LogP contribution is 2.45. The number of rotatable bonds is 2. The van der Waals surface area contributed by atoms with E-state index in [9.17, 15) is 0 Å². The maximum absolute atomic E-state index is 4.64. The lowest BCUT2D eigenvalue weighted by Crippen LogP contribution is -2.25. The van der Waals surface area contributed by atoms with E-state index in [0.29, 0.717) is 12.0 Å². The first-order chi connectivity index (χ1) is 9.33. The second-order valence-corrected chi connectivity index (χ2v) is 6.04. The third kappa shape index (κ3) is 1.69. The van der Waals surface area contributed by atoms with Gasteiger partial charge < -0.3 is 4.57 Å². The fraction of sp³-hybridized carbons (Fsp3) is 0.357. The highest BCUT2D eigenvalue weighted by atomic mass is 32.1. The van der Waals surface area contributed by atoms with Crippen LogP contribution in [0.1, 0.15) is 36.1 Å². The summed E-state index contributed by atoms with van der Waals surface area (Å²) in [6, 6.07) is 0.573. The Labute approximate surface area is 115 Å². The van der Waals surface area contributed by atoms with Crippen LogP contribution in [0.4, 0.5) is 0 Å². The Morgan fingerprint density at radius 2 is 2.21 bits per heavy atom. The van der Waals surface area contributed by atoms with E-state index in [1.807, 2.05) is 30.4 Å². The summed E-state index contributed by atoms with van der Waals surface area (Å²) in [5, 5.41) is 0. The molecule has 0 aromatic carbocycles. The third-order valence-electron chi connectivity index (χ3n) is 4.01. The van der Waals surface area contributed by atoms with Crippen molar-refractivity contribution in [2.75, 3.05) is 0 Å². The van der Waals surface area contributed by atoms with Gasteiger partial charge in [-0.25, -0.2) is 9.97 Å². The van der Waals surface area contributed by atoms with Crippen molar-refractivity contribution in [2.45, 2.75) is 31.7 Å². The molecule has 0 unspecified atom stereocenters. The molecule has 19 heavy (non-hydrogen) atoms. The number of nitrogens with zero attached hydrogens (tertiary/aromatic N) is 4. The van der Waals surface area contributed by atoms with Gasteiger partial charge in [-0.3, -0.25) is 4.98 Å². The molecule has 1 aliphatic rings. The van der Waals surface area contributed by atoms with E-state index < -0.39 is 0 Å². The van der Waals surface area contributed by atoms with E-state index in [0.717, 1.165) is 18.4 Å². The molecule has 0 bridgehead atoms. The van der Waals surface area contributed by atoms with Gasteiger partial charge in [0.1, 0.15) is 5.52 Å². The molecule has 4 nitrogen and oxygen atoms in total. The van der Waals surface area contributed by atoms with Gasteiger partial charge in [0.25, 0.3) is 0 Å². The highest BCUT2D eigenvalue weighted by molar-refractivity contribution is 7.17. The second-order valence-electron chi connectivity index (χ2n) is 5.19. The number of thiazole rings is 1. The molecule has 5 heteroatoms. The van der Waals surface area contributed by atoms with Crippen LogP contribution in [-0.4, -0.2) is 19.5 Å². The molecule has 3 aromatic rings. The van der Waals surface area contributed by atoms with E-state index in [1.54, 1.807) is 11.3 Å². The summed E-state index contributed by atoms with van der Waals surface area (Å²) in [6.45, 7) is 2.10. The lowest BCUT2D eigenvalue weighted by Gasteiger charge is -2.35. The van der Waals surface area contributed by atoms with Gasteiger partial charge in [-0.2, -0.15) is 0 Å². The van der Waals surface area contributed by atoms with E-state index in [4.69, 9.17) is 0 Å². The minimum absolute atomic E-state index is 0.539. The lowest BCUT2D eigenvalue weighted by molar-refractivity contribution is 0.261. The van der Waals surface area contributed by atoms with Gasteiger partial charge in [-0.05, 0) is 25.3 Å². The standard InChI is InChI=1S/C14H14N4S/c1-9-6-16-12(13-14(9)19-8-17-13)10-4-11(5-10)18-3-2-15-7-18/h2-3,6-8,10-11H,4-5H2,1H3. The Hall–Kier alpha value is -1.75. The van der Waals surface area contributed by atoms with E-state index >= 15 is 0 Å². The zero-order valence-electron chi connectivity index (χ0n) is 10.7. The number of hydrogen-bond acceptors (Lipinski definition) is 4. The number of fused-ring (bicyclic) bond motifs is 1. The highest BCUT2D eigenvalue weighted by Gasteiger charge is 2.33. The Morgan fingerprint density at radius 3 is 3.00 bits per heavy atom. The Morgan fingerprint density at radius 1 is 1.32 bits per heavy atom. The van der Waals surface area contributed by atoms with Crippen molar-refractivity contribution in [3.8, 4) is 0 Å². The quantitative estimate of drug-likeness (QED) is 0.717. The summed E-state index contributed by atoms with van der Waals surface area (Å²) >= 11 is 1.71. The van der Waals surface area contributed by atoms with Crippen LogP contribution in [0.2, 0.25) is 0 Å². The zero-order valence-corrected chi connectivity index (χ0v) is 11.5. The minimum Gasteiger partial charge on any atom is -0.334 e. The van der Waals surface area contributed by atoms with Gasteiger partial charge in [0.2, 0.25) is 0 Å². The van der Waals surface area contributed by atoms with Gasteiger partial charge in [0, 0.05) is 30.6 Å². The SMILES string of the molecule is Cc1cnc(C2CC(n3ccnc3)C2)c2ncsc12. The average molecular weight is 270 g/mol. The molecule has 1 aliphatic carbocycles. The van der Waals surface area contributed by atoms with Crippen LogP contribution >= 0.6 is 11.3 Å². The van der Waals surface area contributed by atoms with E-state index in [1.165, 1.54) is 16.0 Å². The predicted octanol–water partition coefficient (Wildman–Crippen LogP) is 3.31. The molecule has 96 valence electrons. The molecule has 4 rings (SSSR count). The van der Waals surface area contributed by atoms with Crippen molar-refractivity contribution in [1.82, 2.24) is 19.5 Å². The van der Waals surface area contributed by atoms with Crippen LogP contribution < -0.4 is 0 Å². The molecule has 0 N–H and O–H groups in total. The number of aromatic nitrogens is 4.